The second kappa shape index (κ2) is 12.2. The predicted octanol–water partition coefficient (Wildman–Crippen LogP) is 4.50. The van der Waals surface area contributed by atoms with Crippen LogP contribution in [0.2, 0.25) is 0 Å². The first-order chi connectivity index (χ1) is 18.7. The zero-order chi connectivity index (χ0) is 27.9. The van der Waals surface area contributed by atoms with E-state index in [0.29, 0.717) is 39.2 Å². The molecule has 2 aromatic carbocycles. The average molecular weight is 548 g/mol. The summed E-state index contributed by atoms with van der Waals surface area (Å²) in [6.07, 6.45) is 3.22. The molecular formula is C26H25N7O5S. The van der Waals surface area contributed by atoms with Gasteiger partial charge in [0.2, 0.25) is 11.8 Å². The Morgan fingerprint density at radius 2 is 1.82 bits per heavy atom. The number of benzene rings is 2. The monoisotopic (exact) mass is 547 g/mol. The van der Waals surface area contributed by atoms with Crippen molar-refractivity contribution in [3.8, 4) is 17.1 Å². The maximum absolute atomic E-state index is 13.2. The van der Waals surface area contributed by atoms with Gasteiger partial charge in [0.15, 0.2) is 11.0 Å². The van der Waals surface area contributed by atoms with Crippen molar-refractivity contribution >= 4 is 40.6 Å². The number of rotatable bonds is 10. The molecule has 0 bridgehead atoms. The molecule has 0 unspecified atom stereocenters. The van der Waals surface area contributed by atoms with Crippen molar-refractivity contribution in [1.82, 2.24) is 19.7 Å². The Kier molecular flexibility index (Phi) is 8.51. The molecule has 2 amide bonds. The lowest BCUT2D eigenvalue weighted by atomic mass is 10.1. The molecule has 0 saturated carbocycles. The van der Waals surface area contributed by atoms with Gasteiger partial charge in [0.05, 0.1) is 17.8 Å². The van der Waals surface area contributed by atoms with Crippen molar-refractivity contribution in [2.24, 2.45) is 0 Å². The van der Waals surface area contributed by atoms with Crippen LogP contribution in [-0.2, 0) is 9.59 Å². The summed E-state index contributed by atoms with van der Waals surface area (Å²) >= 11 is 1.14. The first kappa shape index (κ1) is 27.3. The Hall–Kier alpha value is -4.78. The fourth-order valence-electron chi connectivity index (χ4n) is 3.53. The van der Waals surface area contributed by atoms with Gasteiger partial charge in [0.25, 0.3) is 5.69 Å². The molecule has 39 heavy (non-hydrogen) atoms. The third-order valence-electron chi connectivity index (χ3n) is 5.67. The van der Waals surface area contributed by atoms with Gasteiger partial charge in [-0.15, -0.1) is 5.10 Å². The lowest BCUT2D eigenvalue weighted by Crippen LogP contribution is -2.25. The molecule has 2 N–H and O–H groups in total. The number of amides is 2. The van der Waals surface area contributed by atoms with Gasteiger partial charge in [-0.1, -0.05) is 11.8 Å². The molecule has 4 rings (SSSR count). The molecule has 0 aliphatic heterocycles. The lowest BCUT2D eigenvalue weighted by Gasteiger charge is -2.15. The number of nitrogens with zero attached hydrogens (tertiary/aromatic N) is 5. The van der Waals surface area contributed by atoms with Gasteiger partial charge in [-0.2, -0.15) is 0 Å². The Morgan fingerprint density at radius 1 is 1.10 bits per heavy atom. The van der Waals surface area contributed by atoms with E-state index < -0.39 is 16.9 Å². The fraction of sp³-hybridized carbons (Fsp3) is 0.192. The fourth-order valence-corrected chi connectivity index (χ4v) is 4.35. The second-order valence-corrected chi connectivity index (χ2v) is 9.33. The van der Waals surface area contributed by atoms with Gasteiger partial charge in [0, 0.05) is 41.5 Å². The quantitative estimate of drug-likeness (QED) is 0.166. The third-order valence-corrected chi connectivity index (χ3v) is 6.61. The maximum Gasteiger partial charge on any atom is 0.269 e. The number of aromatic nitrogens is 4. The van der Waals surface area contributed by atoms with E-state index >= 15 is 0 Å². The van der Waals surface area contributed by atoms with Crippen molar-refractivity contribution < 1.29 is 19.2 Å². The number of non-ortho nitro benzene ring substituents is 1. The Bertz CT molecular complexity index is 1490. The molecule has 4 aromatic rings. The van der Waals surface area contributed by atoms with Crippen LogP contribution in [0, 0.1) is 17.0 Å². The minimum absolute atomic E-state index is 0.0241. The number of aryl methyl sites for hydroxylation is 1. The number of carbonyl (C=O) groups is 2. The van der Waals surface area contributed by atoms with Crippen LogP contribution in [-0.4, -0.2) is 49.3 Å². The number of carbonyl (C=O) groups excluding carboxylic acids is 2. The van der Waals surface area contributed by atoms with Crippen LogP contribution in [0.5, 0.6) is 5.75 Å². The molecule has 13 heteroatoms. The molecule has 2 heterocycles. The molecule has 0 spiro atoms. The van der Waals surface area contributed by atoms with Gasteiger partial charge >= 0.3 is 0 Å². The van der Waals surface area contributed by atoms with E-state index in [0.717, 1.165) is 11.8 Å². The van der Waals surface area contributed by atoms with Crippen LogP contribution in [0.3, 0.4) is 0 Å². The molecule has 2 aromatic heterocycles. The average Bonchev–Trinajstić information content (AvgIpc) is 3.37. The number of ether oxygens (including phenoxy) is 1. The molecule has 0 aliphatic rings. The topological polar surface area (TPSA) is 154 Å². The van der Waals surface area contributed by atoms with Crippen molar-refractivity contribution in [2.75, 3.05) is 23.5 Å². The normalized spacial score (nSPS) is 11.5. The van der Waals surface area contributed by atoms with Gasteiger partial charge in [-0.3, -0.25) is 24.7 Å². The van der Waals surface area contributed by atoms with Gasteiger partial charge < -0.3 is 15.4 Å². The zero-order valence-corrected chi connectivity index (χ0v) is 22.1. The van der Waals surface area contributed by atoms with E-state index in [1.807, 2.05) is 0 Å². The largest absolute Gasteiger partial charge is 0.497 e. The van der Waals surface area contributed by atoms with Crippen molar-refractivity contribution in [1.29, 1.82) is 0 Å². The molecule has 200 valence electrons. The summed E-state index contributed by atoms with van der Waals surface area (Å²) in [7, 11) is 1.56. The van der Waals surface area contributed by atoms with Crippen LogP contribution in [0.1, 0.15) is 18.5 Å². The summed E-state index contributed by atoms with van der Waals surface area (Å²) < 4.78 is 6.59. The highest BCUT2D eigenvalue weighted by molar-refractivity contribution is 7.99. The van der Waals surface area contributed by atoms with Crippen LogP contribution in [0.25, 0.3) is 11.4 Å². The maximum atomic E-state index is 13.2. The first-order valence-electron chi connectivity index (χ1n) is 11.7. The van der Waals surface area contributed by atoms with Crippen LogP contribution >= 0.6 is 11.8 Å². The standard InChI is InChI=1S/C26H25N7O5S/c1-16-14-20(33(36)37)6-9-22(16)29-25(35)17(2)32-26(30-24(31-32)18-10-12-27-13-11-18)39-15-23(34)28-19-4-7-21(38-3)8-5-19/h4-14,17H,15H2,1-3H3,(H,28,34)(H,29,35)/t17-/m0/s1. The van der Waals surface area contributed by atoms with Gasteiger partial charge in [-0.25, -0.2) is 9.67 Å². The summed E-state index contributed by atoms with van der Waals surface area (Å²) in [5.74, 6) is 0.416. The number of anilines is 2. The summed E-state index contributed by atoms with van der Waals surface area (Å²) in [5, 5.41) is 21.6. The van der Waals surface area contributed by atoms with Gasteiger partial charge in [0.1, 0.15) is 11.8 Å². The van der Waals surface area contributed by atoms with E-state index in [1.54, 1.807) is 69.7 Å². The number of thioether (sulfide) groups is 1. The highest BCUT2D eigenvalue weighted by Gasteiger charge is 2.24. The van der Waals surface area contributed by atoms with E-state index in [4.69, 9.17) is 4.74 Å². The van der Waals surface area contributed by atoms with Crippen molar-refractivity contribution in [3.05, 3.63) is 82.7 Å². The Morgan fingerprint density at radius 3 is 2.46 bits per heavy atom. The highest BCUT2D eigenvalue weighted by Crippen LogP contribution is 2.27. The Labute approximate surface area is 228 Å². The SMILES string of the molecule is COc1ccc(NC(=O)CSc2nc(-c3ccncc3)nn2[C@@H](C)C(=O)Nc2ccc([N+](=O)[O-])cc2C)cc1. The predicted molar refractivity (Wildman–Crippen MR) is 147 cm³/mol. The zero-order valence-electron chi connectivity index (χ0n) is 21.3. The highest BCUT2D eigenvalue weighted by atomic mass is 32.2. The summed E-state index contributed by atoms with van der Waals surface area (Å²) in [5.41, 5.74) is 2.24. The number of nitro benzene ring substituents is 1. The van der Waals surface area contributed by atoms with E-state index in [9.17, 15) is 19.7 Å². The smallest absolute Gasteiger partial charge is 0.269 e. The molecule has 0 fully saturated rings. The van der Waals surface area contributed by atoms with Crippen LogP contribution in [0.15, 0.2) is 72.1 Å². The third kappa shape index (κ3) is 6.76. The molecule has 0 aliphatic carbocycles. The molecular weight excluding hydrogens is 522 g/mol. The molecule has 0 radical (unpaired) electrons. The van der Waals surface area contributed by atoms with Crippen molar-refractivity contribution in [2.45, 2.75) is 25.0 Å². The second-order valence-electron chi connectivity index (χ2n) is 8.39. The molecule has 0 saturated heterocycles. The van der Waals surface area contributed by atoms with Crippen LogP contribution in [0.4, 0.5) is 17.1 Å². The first-order valence-corrected chi connectivity index (χ1v) is 12.7. The number of hydrogen-bond acceptors (Lipinski definition) is 9. The number of pyridine rings is 1. The number of nitro groups is 1. The number of nitrogens with one attached hydrogen (secondary N) is 2. The lowest BCUT2D eigenvalue weighted by molar-refractivity contribution is -0.384. The summed E-state index contributed by atoms with van der Waals surface area (Å²) in [6, 6.07) is 13.8. The number of hydrogen-bond donors (Lipinski definition) is 2. The molecule has 12 nitrogen and oxygen atoms in total. The van der Waals surface area contributed by atoms with E-state index in [1.165, 1.54) is 22.9 Å². The van der Waals surface area contributed by atoms with E-state index in [2.05, 4.69) is 25.7 Å². The molecule has 1 atom stereocenters. The Balaban J connectivity index is 1.52. The van der Waals surface area contributed by atoms with E-state index in [-0.39, 0.29) is 17.3 Å². The van der Waals surface area contributed by atoms with Crippen molar-refractivity contribution in [3.63, 3.8) is 0 Å². The summed E-state index contributed by atoms with van der Waals surface area (Å²) in [6.45, 7) is 3.33. The minimum atomic E-state index is -0.810. The van der Waals surface area contributed by atoms with Crippen LogP contribution < -0.4 is 15.4 Å². The minimum Gasteiger partial charge on any atom is -0.497 e. The summed E-state index contributed by atoms with van der Waals surface area (Å²) in [4.78, 5) is 44.9. The number of methoxy groups -OCH3 is 1. The van der Waals surface area contributed by atoms with Gasteiger partial charge in [-0.05, 0) is 61.9 Å².